The number of rotatable bonds is 6. The summed E-state index contributed by atoms with van der Waals surface area (Å²) in [5, 5.41) is 13.0. The molecule has 0 unspecified atom stereocenters. The van der Waals surface area contributed by atoms with Crippen molar-refractivity contribution in [1.29, 1.82) is 0 Å². The molecule has 0 bridgehead atoms. The van der Waals surface area contributed by atoms with Crippen molar-refractivity contribution in [2.75, 3.05) is 5.32 Å². The number of hydrogen-bond donors (Lipinski definition) is 1. The van der Waals surface area contributed by atoms with Crippen molar-refractivity contribution in [1.82, 2.24) is 24.5 Å². The number of aryl methyl sites for hydroxylation is 1. The van der Waals surface area contributed by atoms with E-state index in [0.717, 1.165) is 26.8 Å². The third-order valence-electron chi connectivity index (χ3n) is 5.32. The van der Waals surface area contributed by atoms with E-state index in [-0.39, 0.29) is 12.5 Å². The Kier molecular flexibility index (Phi) is 4.86. The van der Waals surface area contributed by atoms with E-state index in [2.05, 4.69) is 42.5 Å². The van der Waals surface area contributed by atoms with Gasteiger partial charge in [0.1, 0.15) is 6.54 Å². The van der Waals surface area contributed by atoms with E-state index in [9.17, 15) is 4.79 Å². The number of benzene rings is 1. The van der Waals surface area contributed by atoms with E-state index in [4.69, 9.17) is 0 Å². The maximum Gasteiger partial charge on any atom is 0.247 e. The highest BCUT2D eigenvalue weighted by atomic mass is 79.9. The molecule has 0 saturated heterocycles. The lowest BCUT2D eigenvalue weighted by atomic mass is 10.1. The average Bonchev–Trinajstić information content (AvgIpc) is 3.42. The Bertz CT molecular complexity index is 1220. The maximum atomic E-state index is 12.6. The second kappa shape index (κ2) is 7.68. The first-order chi connectivity index (χ1) is 14.6. The monoisotopic (exact) mass is 464 g/mol. The Hall–Kier alpha value is -3.00. The molecule has 1 aromatic carbocycles. The zero-order valence-electron chi connectivity index (χ0n) is 16.5. The molecule has 1 saturated carbocycles. The third kappa shape index (κ3) is 3.87. The van der Waals surface area contributed by atoms with Gasteiger partial charge in [-0.15, -0.1) is 0 Å². The summed E-state index contributed by atoms with van der Waals surface area (Å²) in [6, 6.07) is 12.0. The van der Waals surface area contributed by atoms with Crippen LogP contribution in [-0.4, -0.2) is 30.5 Å². The number of pyridine rings is 1. The molecule has 3 heterocycles. The molecule has 0 radical (unpaired) electrons. The fraction of sp³-hybridized carbons (Fsp3) is 0.273. The van der Waals surface area contributed by atoms with Gasteiger partial charge in [-0.05, 0) is 55.0 Å². The van der Waals surface area contributed by atoms with Gasteiger partial charge in [-0.25, -0.2) is 9.67 Å². The molecule has 3 aromatic heterocycles. The van der Waals surface area contributed by atoms with Crippen LogP contribution < -0.4 is 5.32 Å². The molecule has 0 atom stereocenters. The van der Waals surface area contributed by atoms with Crippen LogP contribution in [0.25, 0.3) is 11.0 Å². The van der Waals surface area contributed by atoms with Gasteiger partial charge in [-0.1, -0.05) is 28.1 Å². The molecule has 4 aromatic rings. The maximum absolute atomic E-state index is 12.6. The van der Waals surface area contributed by atoms with Crippen LogP contribution in [-0.2, 0) is 17.9 Å². The Balaban J connectivity index is 1.28. The first-order valence-corrected chi connectivity index (χ1v) is 10.8. The van der Waals surface area contributed by atoms with E-state index in [1.165, 1.54) is 18.4 Å². The van der Waals surface area contributed by atoms with Gasteiger partial charge >= 0.3 is 0 Å². The topological polar surface area (TPSA) is 77.6 Å². The van der Waals surface area contributed by atoms with Crippen molar-refractivity contribution in [3.63, 3.8) is 0 Å². The number of anilines is 1. The quantitative estimate of drug-likeness (QED) is 0.462. The Labute approximate surface area is 182 Å². The number of fused-ring (bicyclic) bond motifs is 1. The number of carbonyl (C=O) groups excluding carboxylic acids is 1. The lowest BCUT2D eigenvalue weighted by Gasteiger charge is -2.05. The first-order valence-electron chi connectivity index (χ1n) is 9.96. The Morgan fingerprint density at radius 1 is 1.17 bits per heavy atom. The number of halogens is 1. The summed E-state index contributed by atoms with van der Waals surface area (Å²) in [4.78, 5) is 17.1. The van der Waals surface area contributed by atoms with Gasteiger partial charge < -0.3 is 5.32 Å². The van der Waals surface area contributed by atoms with Crippen LogP contribution in [0.1, 0.15) is 35.6 Å². The van der Waals surface area contributed by atoms with E-state index in [1.807, 2.05) is 43.6 Å². The molecule has 0 aliphatic heterocycles. The van der Waals surface area contributed by atoms with E-state index in [0.29, 0.717) is 18.3 Å². The van der Waals surface area contributed by atoms with Gasteiger partial charge in [0.25, 0.3) is 0 Å². The predicted octanol–water partition coefficient (Wildman–Crippen LogP) is 4.26. The highest BCUT2D eigenvalue weighted by Gasteiger charge is 2.27. The minimum atomic E-state index is -0.174. The van der Waals surface area contributed by atoms with Gasteiger partial charge in [0.15, 0.2) is 11.5 Å². The summed E-state index contributed by atoms with van der Waals surface area (Å²) in [7, 11) is 0. The highest BCUT2D eigenvalue weighted by molar-refractivity contribution is 9.10. The van der Waals surface area contributed by atoms with E-state index in [1.54, 1.807) is 15.4 Å². The summed E-state index contributed by atoms with van der Waals surface area (Å²) in [6.45, 7) is 2.72. The van der Waals surface area contributed by atoms with Crippen LogP contribution in [0.2, 0.25) is 0 Å². The third-order valence-corrected chi connectivity index (χ3v) is 5.85. The fourth-order valence-corrected chi connectivity index (χ4v) is 4.03. The number of nitrogens with one attached hydrogen (secondary N) is 1. The first kappa shape index (κ1) is 19.0. The van der Waals surface area contributed by atoms with E-state index >= 15 is 0 Å². The molecule has 7 nitrogen and oxygen atoms in total. The van der Waals surface area contributed by atoms with Crippen LogP contribution in [0.3, 0.4) is 0 Å². The molecular weight excluding hydrogens is 444 g/mol. The molecule has 1 aliphatic carbocycles. The molecule has 5 rings (SSSR count). The van der Waals surface area contributed by atoms with Crippen molar-refractivity contribution >= 4 is 38.7 Å². The lowest BCUT2D eigenvalue weighted by molar-refractivity contribution is -0.116. The number of carbonyl (C=O) groups is 1. The lowest BCUT2D eigenvalue weighted by Crippen LogP contribution is -2.20. The van der Waals surface area contributed by atoms with Crippen LogP contribution in [0.4, 0.5) is 5.82 Å². The summed E-state index contributed by atoms with van der Waals surface area (Å²) in [5.74, 6) is 0.958. The van der Waals surface area contributed by atoms with Crippen LogP contribution in [0, 0.1) is 6.92 Å². The standard InChI is InChI=1S/C22H21BrN6O/c1-14-21-18(16-4-5-16)8-10-24-22(21)29(26-14)13-20(30)25-19-9-11-28(27-19)12-15-2-6-17(23)7-3-15/h2-3,6-11,16H,4-5,12-13H2,1H3,(H,25,27,30). The van der Waals surface area contributed by atoms with Crippen molar-refractivity contribution < 1.29 is 4.79 Å². The Morgan fingerprint density at radius 3 is 2.73 bits per heavy atom. The van der Waals surface area contributed by atoms with Gasteiger partial charge in [0, 0.05) is 28.3 Å². The molecule has 1 aliphatic rings. The zero-order valence-corrected chi connectivity index (χ0v) is 18.1. The molecule has 1 amide bonds. The van der Waals surface area contributed by atoms with Gasteiger partial charge in [-0.3, -0.25) is 9.48 Å². The SMILES string of the molecule is Cc1nn(CC(=O)Nc2ccn(Cc3ccc(Br)cc3)n2)c2nccc(C3CC3)c12. The smallest absolute Gasteiger partial charge is 0.247 e. The van der Waals surface area contributed by atoms with Gasteiger partial charge in [-0.2, -0.15) is 10.2 Å². The van der Waals surface area contributed by atoms with Crippen molar-refractivity contribution in [3.8, 4) is 0 Å². The predicted molar refractivity (Wildman–Crippen MR) is 118 cm³/mol. The van der Waals surface area contributed by atoms with Crippen molar-refractivity contribution in [2.45, 2.75) is 38.8 Å². The minimum Gasteiger partial charge on any atom is -0.308 e. The fourth-order valence-electron chi connectivity index (χ4n) is 3.77. The number of hydrogen-bond acceptors (Lipinski definition) is 4. The molecule has 8 heteroatoms. The highest BCUT2D eigenvalue weighted by Crippen LogP contribution is 2.43. The molecular formula is C22H21BrN6O. The van der Waals surface area contributed by atoms with Crippen LogP contribution >= 0.6 is 15.9 Å². The summed E-state index contributed by atoms with van der Waals surface area (Å²) < 4.78 is 4.53. The minimum absolute atomic E-state index is 0.102. The van der Waals surface area contributed by atoms with Crippen molar-refractivity contribution in [2.24, 2.45) is 0 Å². The van der Waals surface area contributed by atoms with Crippen molar-refractivity contribution in [3.05, 3.63) is 70.1 Å². The second-order valence-corrected chi connectivity index (χ2v) is 8.60. The molecule has 0 spiro atoms. The molecule has 1 N–H and O–H groups in total. The molecule has 1 fully saturated rings. The summed E-state index contributed by atoms with van der Waals surface area (Å²) in [6.07, 6.45) is 6.10. The Morgan fingerprint density at radius 2 is 1.97 bits per heavy atom. The molecule has 30 heavy (non-hydrogen) atoms. The number of aromatic nitrogens is 5. The van der Waals surface area contributed by atoms with Crippen LogP contribution in [0.15, 0.2) is 53.3 Å². The number of nitrogens with zero attached hydrogens (tertiary/aromatic N) is 5. The zero-order chi connectivity index (χ0) is 20.7. The summed E-state index contributed by atoms with van der Waals surface area (Å²) in [5.41, 5.74) is 4.13. The largest absolute Gasteiger partial charge is 0.308 e. The second-order valence-electron chi connectivity index (χ2n) is 7.69. The van der Waals surface area contributed by atoms with Gasteiger partial charge in [0.05, 0.1) is 12.2 Å². The normalized spacial score (nSPS) is 13.7. The number of amides is 1. The molecule has 152 valence electrons. The van der Waals surface area contributed by atoms with E-state index < -0.39 is 0 Å². The van der Waals surface area contributed by atoms with Crippen LogP contribution in [0.5, 0.6) is 0 Å². The summed E-state index contributed by atoms with van der Waals surface area (Å²) >= 11 is 3.44. The van der Waals surface area contributed by atoms with Gasteiger partial charge in [0.2, 0.25) is 5.91 Å². The average molecular weight is 465 g/mol.